The molecule has 4 N–H and O–H groups in total. The van der Waals surface area contributed by atoms with Gasteiger partial charge in [0.2, 0.25) is 0 Å². The molecule has 1 saturated carbocycles. The molecule has 1 aliphatic carbocycles. The molecule has 0 spiro atoms. The van der Waals surface area contributed by atoms with Crippen molar-refractivity contribution < 1.29 is 14.0 Å². The molecule has 0 heterocycles. The Morgan fingerprint density at radius 3 is 2.65 bits per heavy atom. The number of hydrogen-bond acceptors (Lipinski definition) is 3. The fraction of sp³-hybridized carbons (Fsp3) is 0.500. The van der Waals surface area contributed by atoms with Crippen molar-refractivity contribution in [3.8, 4) is 0 Å². The first-order valence-corrected chi connectivity index (χ1v) is 9.17. The standard InChI is InChI=1S/C18H25FN4O2S/c1-11-6-5-9-15(12(11)2)21-18(26)23-22-16(24)10-20-17(25)13-7-3-4-8-14(13)19/h3-4,7-8,11-12,15H,5-6,9-10H2,1-2H3,(H,20,25)(H,22,24)(H2,21,23,26)/t11-,12+,15-/m0/s1. The van der Waals surface area contributed by atoms with E-state index in [2.05, 4.69) is 35.3 Å². The maximum absolute atomic E-state index is 13.5. The molecule has 0 radical (unpaired) electrons. The molecule has 2 rings (SSSR count). The predicted octanol–water partition coefficient (Wildman–Crippen LogP) is 1.88. The van der Waals surface area contributed by atoms with Gasteiger partial charge in [0, 0.05) is 6.04 Å². The Kier molecular flexibility index (Phi) is 7.32. The lowest BCUT2D eigenvalue weighted by Gasteiger charge is -2.35. The van der Waals surface area contributed by atoms with E-state index in [0.29, 0.717) is 16.9 Å². The Morgan fingerprint density at radius 2 is 1.92 bits per heavy atom. The number of nitrogens with one attached hydrogen (secondary N) is 4. The zero-order valence-corrected chi connectivity index (χ0v) is 15.8. The van der Waals surface area contributed by atoms with Crippen LogP contribution >= 0.6 is 12.2 Å². The molecule has 0 aliphatic heterocycles. The third-order valence-corrected chi connectivity index (χ3v) is 5.09. The molecule has 1 aliphatic rings. The second-order valence-electron chi connectivity index (χ2n) is 6.68. The van der Waals surface area contributed by atoms with Crippen LogP contribution in [0.5, 0.6) is 0 Å². The lowest BCUT2D eigenvalue weighted by molar-refractivity contribution is -0.120. The largest absolute Gasteiger partial charge is 0.358 e. The molecule has 0 saturated heterocycles. The molecule has 2 amide bonds. The molecular weight excluding hydrogens is 355 g/mol. The minimum atomic E-state index is -0.649. The van der Waals surface area contributed by atoms with E-state index < -0.39 is 17.6 Å². The normalized spacial score (nSPS) is 22.2. The van der Waals surface area contributed by atoms with Gasteiger partial charge < -0.3 is 10.6 Å². The molecular formula is C18H25FN4O2S. The summed E-state index contributed by atoms with van der Waals surface area (Å²) < 4.78 is 13.5. The van der Waals surface area contributed by atoms with Crippen LogP contribution in [0.25, 0.3) is 0 Å². The van der Waals surface area contributed by atoms with E-state index in [1.165, 1.54) is 24.6 Å². The second kappa shape index (κ2) is 9.47. The topological polar surface area (TPSA) is 82.3 Å². The van der Waals surface area contributed by atoms with Crippen molar-refractivity contribution in [2.45, 2.75) is 39.2 Å². The minimum Gasteiger partial charge on any atom is -0.358 e. The monoisotopic (exact) mass is 380 g/mol. The van der Waals surface area contributed by atoms with Crippen LogP contribution in [-0.4, -0.2) is 29.5 Å². The summed E-state index contributed by atoms with van der Waals surface area (Å²) in [6.45, 7) is 4.13. The number of carbonyl (C=O) groups is 2. The van der Waals surface area contributed by atoms with E-state index in [0.717, 1.165) is 12.8 Å². The van der Waals surface area contributed by atoms with Gasteiger partial charge in [-0.1, -0.05) is 38.8 Å². The summed E-state index contributed by atoms with van der Waals surface area (Å²) in [5, 5.41) is 5.92. The number of hydrazine groups is 1. The van der Waals surface area contributed by atoms with Gasteiger partial charge >= 0.3 is 0 Å². The van der Waals surface area contributed by atoms with E-state index in [1.54, 1.807) is 6.07 Å². The zero-order chi connectivity index (χ0) is 19.1. The molecule has 0 aromatic heterocycles. The van der Waals surface area contributed by atoms with Crippen LogP contribution in [0.2, 0.25) is 0 Å². The summed E-state index contributed by atoms with van der Waals surface area (Å²) in [6.07, 6.45) is 3.41. The second-order valence-corrected chi connectivity index (χ2v) is 7.09. The number of rotatable bonds is 4. The van der Waals surface area contributed by atoms with Crippen molar-refractivity contribution in [1.82, 2.24) is 21.5 Å². The van der Waals surface area contributed by atoms with Crippen LogP contribution in [0.1, 0.15) is 43.5 Å². The molecule has 1 aromatic rings. The van der Waals surface area contributed by atoms with Gasteiger partial charge in [-0.3, -0.25) is 20.4 Å². The third kappa shape index (κ3) is 5.66. The number of benzene rings is 1. The van der Waals surface area contributed by atoms with Crippen LogP contribution in [0.15, 0.2) is 24.3 Å². The van der Waals surface area contributed by atoms with Crippen LogP contribution in [0, 0.1) is 17.7 Å². The van der Waals surface area contributed by atoms with Gasteiger partial charge in [-0.25, -0.2) is 4.39 Å². The summed E-state index contributed by atoms with van der Waals surface area (Å²) in [6, 6.07) is 5.86. The average molecular weight is 380 g/mol. The summed E-state index contributed by atoms with van der Waals surface area (Å²) in [5.41, 5.74) is 4.95. The van der Waals surface area contributed by atoms with Gasteiger partial charge in [-0.15, -0.1) is 0 Å². The highest BCUT2D eigenvalue weighted by molar-refractivity contribution is 7.80. The zero-order valence-electron chi connectivity index (χ0n) is 15.0. The highest BCUT2D eigenvalue weighted by atomic mass is 32.1. The molecule has 0 unspecified atom stereocenters. The van der Waals surface area contributed by atoms with Crippen molar-refractivity contribution >= 4 is 29.1 Å². The number of carbonyl (C=O) groups excluding carboxylic acids is 2. The lowest BCUT2D eigenvalue weighted by atomic mass is 9.78. The van der Waals surface area contributed by atoms with Gasteiger partial charge in [-0.05, 0) is 42.6 Å². The van der Waals surface area contributed by atoms with Crippen LogP contribution in [0.4, 0.5) is 4.39 Å². The molecule has 26 heavy (non-hydrogen) atoms. The molecule has 1 fully saturated rings. The van der Waals surface area contributed by atoms with E-state index in [-0.39, 0.29) is 18.2 Å². The Balaban J connectivity index is 1.70. The van der Waals surface area contributed by atoms with E-state index in [1.807, 2.05) is 0 Å². The van der Waals surface area contributed by atoms with Crippen molar-refractivity contribution in [2.75, 3.05) is 6.54 Å². The third-order valence-electron chi connectivity index (χ3n) is 4.87. The molecule has 3 atom stereocenters. The Labute approximate surface area is 158 Å². The van der Waals surface area contributed by atoms with Crippen molar-refractivity contribution in [3.05, 3.63) is 35.6 Å². The Morgan fingerprint density at radius 1 is 1.19 bits per heavy atom. The van der Waals surface area contributed by atoms with Crippen molar-refractivity contribution in [3.63, 3.8) is 0 Å². The number of amides is 2. The van der Waals surface area contributed by atoms with Crippen LogP contribution < -0.4 is 21.5 Å². The average Bonchev–Trinajstić information content (AvgIpc) is 2.62. The minimum absolute atomic E-state index is 0.106. The summed E-state index contributed by atoms with van der Waals surface area (Å²) in [7, 11) is 0. The Bertz CT molecular complexity index is 670. The van der Waals surface area contributed by atoms with Crippen LogP contribution in [-0.2, 0) is 4.79 Å². The lowest BCUT2D eigenvalue weighted by Crippen LogP contribution is -2.53. The molecule has 0 bridgehead atoms. The SMILES string of the molecule is C[C@H]1[C@@H](NC(=S)NNC(=O)CNC(=O)c2ccccc2F)CCC[C@@H]1C. The first-order chi connectivity index (χ1) is 12.4. The van der Waals surface area contributed by atoms with Gasteiger partial charge in [0.15, 0.2) is 5.11 Å². The maximum atomic E-state index is 13.5. The quantitative estimate of drug-likeness (QED) is 0.474. The van der Waals surface area contributed by atoms with Gasteiger partial charge in [0.1, 0.15) is 5.82 Å². The highest BCUT2D eigenvalue weighted by Crippen LogP contribution is 2.29. The highest BCUT2D eigenvalue weighted by Gasteiger charge is 2.27. The molecule has 1 aromatic carbocycles. The van der Waals surface area contributed by atoms with Gasteiger partial charge in [0.05, 0.1) is 12.1 Å². The molecule has 8 heteroatoms. The fourth-order valence-corrected chi connectivity index (χ4v) is 3.26. The number of thiocarbonyl (C=S) groups is 1. The smallest absolute Gasteiger partial charge is 0.257 e. The van der Waals surface area contributed by atoms with Crippen molar-refractivity contribution in [2.24, 2.45) is 11.8 Å². The van der Waals surface area contributed by atoms with E-state index in [9.17, 15) is 14.0 Å². The maximum Gasteiger partial charge on any atom is 0.257 e. The molecule has 142 valence electrons. The predicted molar refractivity (Wildman–Crippen MR) is 102 cm³/mol. The summed E-state index contributed by atoms with van der Waals surface area (Å²) in [4.78, 5) is 23.7. The summed E-state index contributed by atoms with van der Waals surface area (Å²) in [5.74, 6) is -0.635. The first-order valence-electron chi connectivity index (χ1n) is 8.76. The number of halogens is 1. The number of hydrogen-bond donors (Lipinski definition) is 4. The van der Waals surface area contributed by atoms with Crippen molar-refractivity contribution in [1.29, 1.82) is 0 Å². The van der Waals surface area contributed by atoms with Crippen LogP contribution in [0.3, 0.4) is 0 Å². The summed E-state index contributed by atoms with van der Waals surface area (Å²) >= 11 is 5.20. The van der Waals surface area contributed by atoms with E-state index in [4.69, 9.17) is 12.2 Å². The van der Waals surface area contributed by atoms with Gasteiger partial charge in [-0.2, -0.15) is 0 Å². The molecule has 6 nitrogen and oxygen atoms in total. The van der Waals surface area contributed by atoms with E-state index >= 15 is 0 Å². The first kappa shape index (κ1) is 20.1. The Hall–Kier alpha value is -2.22. The van der Waals surface area contributed by atoms with Gasteiger partial charge in [0.25, 0.3) is 11.8 Å². The fourth-order valence-electron chi connectivity index (χ4n) is 3.06.